The first-order valence-corrected chi connectivity index (χ1v) is 6.17. The lowest BCUT2D eigenvalue weighted by Crippen LogP contribution is -2.36. The molecule has 1 heterocycles. The zero-order chi connectivity index (χ0) is 12.0. The normalized spacial score (nSPS) is 19.0. The number of nitrogens with one attached hydrogen (secondary N) is 1. The van der Waals surface area contributed by atoms with Crippen LogP contribution < -0.4 is 5.32 Å². The summed E-state index contributed by atoms with van der Waals surface area (Å²) in [6, 6.07) is 0. The molecule has 1 N–H and O–H groups in total. The van der Waals surface area contributed by atoms with Gasteiger partial charge in [-0.2, -0.15) is 0 Å². The third-order valence-electron chi connectivity index (χ3n) is 3.13. The summed E-state index contributed by atoms with van der Waals surface area (Å²) >= 11 is 0. The number of hydrogen-bond donors (Lipinski definition) is 1. The summed E-state index contributed by atoms with van der Waals surface area (Å²) in [6.45, 7) is 7.92. The molecule has 0 atom stereocenters. The third-order valence-corrected chi connectivity index (χ3v) is 3.13. The van der Waals surface area contributed by atoms with Crippen LogP contribution in [0.2, 0.25) is 0 Å². The molecule has 0 aromatic rings. The van der Waals surface area contributed by atoms with Gasteiger partial charge in [0.05, 0.1) is 13.2 Å². The molecule has 16 heavy (non-hydrogen) atoms. The molecule has 1 saturated heterocycles. The first-order valence-electron chi connectivity index (χ1n) is 6.17. The highest BCUT2D eigenvalue weighted by atomic mass is 16.7. The number of amides is 1. The van der Waals surface area contributed by atoms with Crippen LogP contribution in [0.4, 0.5) is 0 Å². The highest BCUT2D eigenvalue weighted by Gasteiger charge is 2.30. The number of carbonyl (C=O) groups excluding carboxylic acids is 1. The molecule has 1 amide bonds. The van der Waals surface area contributed by atoms with Gasteiger partial charge in [0.2, 0.25) is 5.91 Å². The molecule has 0 aliphatic carbocycles. The van der Waals surface area contributed by atoms with Crippen LogP contribution in [-0.2, 0) is 14.3 Å². The summed E-state index contributed by atoms with van der Waals surface area (Å²) in [5.74, 6) is -0.217. The molecule has 0 unspecified atom stereocenters. The van der Waals surface area contributed by atoms with Crippen LogP contribution in [0.15, 0.2) is 0 Å². The van der Waals surface area contributed by atoms with Crippen molar-refractivity contribution in [1.82, 2.24) is 5.32 Å². The average molecular weight is 229 g/mol. The van der Waals surface area contributed by atoms with Crippen LogP contribution >= 0.6 is 0 Å². The highest BCUT2D eigenvalue weighted by Crippen LogP contribution is 2.21. The van der Waals surface area contributed by atoms with Crippen molar-refractivity contribution in [3.05, 3.63) is 0 Å². The van der Waals surface area contributed by atoms with Crippen molar-refractivity contribution in [1.29, 1.82) is 0 Å². The molecule has 1 aliphatic heterocycles. The lowest BCUT2D eigenvalue weighted by Gasteiger charge is -2.22. The van der Waals surface area contributed by atoms with Crippen molar-refractivity contribution in [3.63, 3.8) is 0 Å². The minimum Gasteiger partial charge on any atom is -0.356 e. The van der Waals surface area contributed by atoms with Crippen LogP contribution in [0.1, 0.15) is 40.0 Å². The summed E-state index contributed by atoms with van der Waals surface area (Å²) in [6.07, 6.45) is 2.50. The first kappa shape index (κ1) is 13.5. The SMILES string of the molecule is CCC(CC)C(=O)NCCC1(C)OCCO1. The van der Waals surface area contributed by atoms with Gasteiger partial charge >= 0.3 is 0 Å². The molecular formula is C12H23NO3. The number of rotatable bonds is 6. The molecule has 1 fully saturated rings. The van der Waals surface area contributed by atoms with Crippen molar-refractivity contribution < 1.29 is 14.3 Å². The van der Waals surface area contributed by atoms with Gasteiger partial charge in [0, 0.05) is 18.9 Å². The number of ether oxygens (including phenoxy) is 2. The van der Waals surface area contributed by atoms with Gasteiger partial charge < -0.3 is 14.8 Å². The van der Waals surface area contributed by atoms with E-state index in [2.05, 4.69) is 5.32 Å². The topological polar surface area (TPSA) is 47.6 Å². The molecular weight excluding hydrogens is 206 g/mol. The number of carbonyl (C=O) groups is 1. The van der Waals surface area contributed by atoms with Gasteiger partial charge in [0.1, 0.15) is 0 Å². The zero-order valence-electron chi connectivity index (χ0n) is 10.5. The standard InChI is InChI=1S/C12H23NO3/c1-4-10(5-2)11(14)13-7-6-12(3)15-8-9-16-12/h10H,4-9H2,1-3H3,(H,13,14). The van der Waals surface area contributed by atoms with Gasteiger partial charge in [-0.15, -0.1) is 0 Å². The van der Waals surface area contributed by atoms with Crippen molar-refractivity contribution >= 4 is 5.91 Å². The Morgan fingerprint density at radius 1 is 1.31 bits per heavy atom. The minimum atomic E-state index is -0.499. The van der Waals surface area contributed by atoms with Gasteiger partial charge in [-0.1, -0.05) is 13.8 Å². The Labute approximate surface area is 97.7 Å². The van der Waals surface area contributed by atoms with Crippen LogP contribution in [0.25, 0.3) is 0 Å². The third kappa shape index (κ3) is 3.76. The molecule has 4 heteroatoms. The van der Waals surface area contributed by atoms with Crippen molar-refractivity contribution in [2.24, 2.45) is 5.92 Å². The largest absolute Gasteiger partial charge is 0.356 e. The van der Waals surface area contributed by atoms with E-state index in [9.17, 15) is 4.79 Å². The Kier molecular flexibility index (Phi) is 5.22. The van der Waals surface area contributed by atoms with Crippen LogP contribution in [0.3, 0.4) is 0 Å². The Hall–Kier alpha value is -0.610. The minimum absolute atomic E-state index is 0.137. The van der Waals surface area contributed by atoms with Crippen LogP contribution in [0.5, 0.6) is 0 Å². The smallest absolute Gasteiger partial charge is 0.223 e. The van der Waals surface area contributed by atoms with E-state index in [1.54, 1.807) is 0 Å². The van der Waals surface area contributed by atoms with E-state index in [1.807, 2.05) is 20.8 Å². The summed E-state index contributed by atoms with van der Waals surface area (Å²) in [4.78, 5) is 11.7. The van der Waals surface area contributed by atoms with Crippen molar-refractivity contribution in [2.45, 2.75) is 45.8 Å². The Morgan fingerprint density at radius 2 is 1.88 bits per heavy atom. The fourth-order valence-electron chi connectivity index (χ4n) is 1.92. The van der Waals surface area contributed by atoms with Crippen molar-refractivity contribution in [2.75, 3.05) is 19.8 Å². The molecule has 0 saturated carbocycles. The maximum Gasteiger partial charge on any atom is 0.223 e. The zero-order valence-corrected chi connectivity index (χ0v) is 10.5. The summed E-state index contributed by atoms with van der Waals surface area (Å²) in [5.41, 5.74) is 0. The van der Waals surface area contributed by atoms with Gasteiger partial charge in [0.25, 0.3) is 0 Å². The van der Waals surface area contributed by atoms with E-state index < -0.39 is 5.79 Å². The highest BCUT2D eigenvalue weighted by molar-refractivity contribution is 5.78. The second-order valence-corrected chi connectivity index (χ2v) is 4.39. The molecule has 1 rings (SSSR count). The van der Waals surface area contributed by atoms with Gasteiger partial charge in [-0.05, 0) is 19.8 Å². The second kappa shape index (κ2) is 6.21. The molecule has 4 nitrogen and oxygen atoms in total. The molecule has 0 spiro atoms. The fourth-order valence-corrected chi connectivity index (χ4v) is 1.92. The van der Waals surface area contributed by atoms with E-state index >= 15 is 0 Å². The average Bonchev–Trinajstić information content (AvgIpc) is 2.67. The molecule has 1 aliphatic rings. The molecule has 0 aromatic heterocycles. The lowest BCUT2D eigenvalue weighted by molar-refractivity contribution is -0.146. The van der Waals surface area contributed by atoms with E-state index in [4.69, 9.17) is 9.47 Å². The van der Waals surface area contributed by atoms with Crippen molar-refractivity contribution in [3.8, 4) is 0 Å². The molecule has 0 bridgehead atoms. The van der Waals surface area contributed by atoms with Gasteiger partial charge in [0.15, 0.2) is 5.79 Å². The predicted molar refractivity (Wildman–Crippen MR) is 62.0 cm³/mol. The molecule has 0 aromatic carbocycles. The van der Waals surface area contributed by atoms with Gasteiger partial charge in [-0.3, -0.25) is 4.79 Å². The summed E-state index contributed by atoms with van der Waals surface area (Å²) in [7, 11) is 0. The van der Waals surface area contributed by atoms with E-state index in [0.717, 1.165) is 12.8 Å². The number of hydrogen-bond acceptors (Lipinski definition) is 3. The Balaban J connectivity index is 2.21. The predicted octanol–water partition coefficient (Wildman–Crippen LogP) is 1.69. The van der Waals surface area contributed by atoms with Gasteiger partial charge in [-0.25, -0.2) is 0 Å². The summed E-state index contributed by atoms with van der Waals surface area (Å²) in [5, 5.41) is 2.94. The Bertz CT molecular complexity index is 220. The lowest BCUT2D eigenvalue weighted by atomic mass is 10.0. The van der Waals surface area contributed by atoms with E-state index in [-0.39, 0.29) is 11.8 Å². The summed E-state index contributed by atoms with van der Waals surface area (Å²) < 4.78 is 10.9. The Morgan fingerprint density at radius 3 is 2.38 bits per heavy atom. The second-order valence-electron chi connectivity index (χ2n) is 4.39. The fraction of sp³-hybridized carbons (Fsp3) is 0.917. The van der Waals surface area contributed by atoms with Crippen LogP contribution in [-0.4, -0.2) is 31.5 Å². The van der Waals surface area contributed by atoms with E-state index in [0.29, 0.717) is 26.2 Å². The van der Waals surface area contributed by atoms with Crippen LogP contribution in [0, 0.1) is 5.92 Å². The molecule has 94 valence electrons. The maximum atomic E-state index is 11.7. The quantitative estimate of drug-likeness (QED) is 0.754. The maximum absolute atomic E-state index is 11.7. The molecule has 0 radical (unpaired) electrons. The van der Waals surface area contributed by atoms with E-state index in [1.165, 1.54) is 0 Å². The first-order chi connectivity index (χ1) is 7.61. The monoisotopic (exact) mass is 229 g/mol.